The first-order chi connectivity index (χ1) is 13.8. The predicted octanol–water partition coefficient (Wildman–Crippen LogP) is 2.23. The van der Waals surface area contributed by atoms with Crippen LogP contribution in [0.2, 0.25) is 5.02 Å². The Morgan fingerprint density at radius 1 is 1.28 bits per heavy atom. The molecule has 0 bridgehead atoms. The van der Waals surface area contributed by atoms with E-state index in [-0.39, 0.29) is 28.1 Å². The molecule has 4 rings (SSSR count). The quantitative estimate of drug-likeness (QED) is 0.690. The number of aliphatic hydroxyl groups is 1. The van der Waals surface area contributed by atoms with Crippen LogP contribution in [0.25, 0.3) is 0 Å². The van der Waals surface area contributed by atoms with Crippen LogP contribution in [0.1, 0.15) is 23.7 Å². The highest BCUT2D eigenvalue weighted by atomic mass is 35.5. The molecular weight excluding hydrogens is 418 g/mol. The monoisotopic (exact) mass is 439 g/mol. The number of benzene rings is 1. The van der Waals surface area contributed by atoms with Gasteiger partial charge in [-0.1, -0.05) is 18.5 Å². The molecule has 9 heteroatoms. The molecule has 0 saturated carbocycles. The van der Waals surface area contributed by atoms with Crippen molar-refractivity contribution in [1.29, 1.82) is 0 Å². The lowest BCUT2D eigenvalue weighted by molar-refractivity contribution is -0.129. The van der Waals surface area contributed by atoms with Crippen molar-refractivity contribution in [3.63, 3.8) is 0 Å². The molecule has 1 spiro atoms. The van der Waals surface area contributed by atoms with Crippen molar-refractivity contribution in [2.45, 2.75) is 31.1 Å². The van der Waals surface area contributed by atoms with Crippen LogP contribution in [0.15, 0.2) is 17.8 Å². The number of aliphatic hydroxyl groups excluding tert-OH is 1. The van der Waals surface area contributed by atoms with Gasteiger partial charge in [0.15, 0.2) is 5.75 Å². The van der Waals surface area contributed by atoms with Gasteiger partial charge in [0.25, 0.3) is 0 Å². The summed E-state index contributed by atoms with van der Waals surface area (Å²) in [6.45, 7) is 1.80. The SMILES string of the molecule is COc1cc(OC)c2c(c1Cl)O[C@@]1(C(=O)C=C(N[C@H]3CSC[C@H]3O)C[C@H]1C)C2=O. The number of carbonyl (C=O) groups is 2. The second-order valence-electron chi connectivity index (χ2n) is 7.46. The van der Waals surface area contributed by atoms with Gasteiger partial charge in [-0.2, -0.15) is 11.8 Å². The third kappa shape index (κ3) is 3.00. The van der Waals surface area contributed by atoms with E-state index in [1.54, 1.807) is 18.7 Å². The summed E-state index contributed by atoms with van der Waals surface area (Å²) in [7, 11) is 2.88. The van der Waals surface area contributed by atoms with Gasteiger partial charge in [-0.15, -0.1) is 0 Å². The fraction of sp³-hybridized carbons (Fsp3) is 0.500. The van der Waals surface area contributed by atoms with Crippen molar-refractivity contribution in [1.82, 2.24) is 5.32 Å². The number of nitrogens with one attached hydrogen (secondary N) is 1. The van der Waals surface area contributed by atoms with Crippen molar-refractivity contribution < 1.29 is 28.9 Å². The van der Waals surface area contributed by atoms with E-state index in [9.17, 15) is 14.7 Å². The minimum atomic E-state index is -1.68. The van der Waals surface area contributed by atoms with Gasteiger partial charge < -0.3 is 24.6 Å². The number of rotatable bonds is 4. The highest BCUT2D eigenvalue weighted by Crippen LogP contribution is 2.52. The number of Topliss-reactive ketones (excluding diaryl/α,β-unsaturated/α-hetero) is 1. The minimum absolute atomic E-state index is 0.112. The van der Waals surface area contributed by atoms with Crippen molar-refractivity contribution in [3.8, 4) is 17.2 Å². The lowest BCUT2D eigenvalue weighted by Gasteiger charge is -2.36. The lowest BCUT2D eigenvalue weighted by atomic mass is 9.74. The molecular formula is C20H22ClNO6S. The molecule has 0 aromatic heterocycles. The van der Waals surface area contributed by atoms with Gasteiger partial charge in [-0.3, -0.25) is 9.59 Å². The average molecular weight is 440 g/mol. The molecule has 2 aliphatic heterocycles. The summed E-state index contributed by atoms with van der Waals surface area (Å²) in [6, 6.07) is 1.40. The van der Waals surface area contributed by atoms with Crippen molar-refractivity contribution in [3.05, 3.63) is 28.4 Å². The lowest BCUT2D eigenvalue weighted by Crippen LogP contribution is -2.56. The topological polar surface area (TPSA) is 94.1 Å². The molecule has 0 amide bonds. The van der Waals surface area contributed by atoms with E-state index in [2.05, 4.69) is 5.32 Å². The minimum Gasteiger partial charge on any atom is -0.496 e. The summed E-state index contributed by atoms with van der Waals surface area (Å²) in [4.78, 5) is 26.6. The Kier molecular flexibility index (Phi) is 5.21. The van der Waals surface area contributed by atoms with E-state index < -0.39 is 29.2 Å². The van der Waals surface area contributed by atoms with Crippen LogP contribution < -0.4 is 19.5 Å². The standard InChI is InChI=1S/C20H22ClNO6S/c1-9-4-10(22-11-7-29-8-12(11)23)5-15(24)20(9)19(25)16-13(26-2)6-14(27-3)17(21)18(16)28-20/h5-6,9,11-12,22-23H,4,7-8H2,1-3H3/t9-,11+,12-,20+/m1/s1. The van der Waals surface area contributed by atoms with E-state index in [0.29, 0.717) is 23.6 Å². The summed E-state index contributed by atoms with van der Waals surface area (Å²) in [5, 5.41) is 13.4. The molecule has 7 nitrogen and oxygen atoms in total. The van der Waals surface area contributed by atoms with Gasteiger partial charge in [0.1, 0.15) is 22.1 Å². The summed E-state index contributed by atoms with van der Waals surface area (Å²) >= 11 is 8.03. The maximum absolute atomic E-state index is 13.4. The summed E-state index contributed by atoms with van der Waals surface area (Å²) in [5.74, 6) is 0.738. The number of ketones is 2. The number of hydrogen-bond acceptors (Lipinski definition) is 8. The normalized spacial score (nSPS) is 30.8. The molecule has 1 saturated heterocycles. The van der Waals surface area contributed by atoms with E-state index in [1.165, 1.54) is 26.4 Å². The van der Waals surface area contributed by atoms with Crippen LogP contribution in [-0.2, 0) is 4.79 Å². The van der Waals surface area contributed by atoms with E-state index in [4.69, 9.17) is 25.8 Å². The van der Waals surface area contributed by atoms with Crippen LogP contribution in [0.5, 0.6) is 17.2 Å². The molecule has 1 aliphatic carbocycles. The fourth-order valence-electron chi connectivity index (χ4n) is 4.15. The Hall–Kier alpha value is -1.90. The molecule has 1 aromatic rings. The zero-order chi connectivity index (χ0) is 20.9. The summed E-state index contributed by atoms with van der Waals surface area (Å²) < 4.78 is 16.6. The van der Waals surface area contributed by atoms with Crippen LogP contribution in [0.4, 0.5) is 0 Å². The first kappa shape index (κ1) is 20.4. The van der Waals surface area contributed by atoms with Gasteiger partial charge in [0.2, 0.25) is 17.2 Å². The van der Waals surface area contributed by atoms with Crippen molar-refractivity contribution in [2.75, 3.05) is 25.7 Å². The van der Waals surface area contributed by atoms with Crippen LogP contribution >= 0.6 is 23.4 Å². The second-order valence-corrected chi connectivity index (χ2v) is 8.91. The summed E-state index contributed by atoms with van der Waals surface area (Å²) in [5.41, 5.74) is -0.826. The molecule has 4 atom stereocenters. The zero-order valence-corrected chi connectivity index (χ0v) is 17.9. The van der Waals surface area contributed by atoms with E-state index in [1.807, 2.05) is 0 Å². The molecule has 3 aliphatic rings. The molecule has 0 unspecified atom stereocenters. The molecule has 1 fully saturated rings. The number of methoxy groups -OCH3 is 2. The van der Waals surface area contributed by atoms with Crippen LogP contribution in [0, 0.1) is 5.92 Å². The third-order valence-corrected chi connectivity index (χ3v) is 7.26. The largest absolute Gasteiger partial charge is 0.496 e. The van der Waals surface area contributed by atoms with E-state index >= 15 is 0 Å². The highest BCUT2D eigenvalue weighted by molar-refractivity contribution is 7.99. The number of allylic oxidation sites excluding steroid dienone is 1. The second kappa shape index (κ2) is 7.41. The summed E-state index contributed by atoms with van der Waals surface area (Å²) in [6.07, 6.45) is 1.37. The van der Waals surface area contributed by atoms with Crippen molar-refractivity contribution >= 4 is 34.9 Å². The zero-order valence-electron chi connectivity index (χ0n) is 16.3. The van der Waals surface area contributed by atoms with Crippen LogP contribution in [-0.4, -0.2) is 60.1 Å². The van der Waals surface area contributed by atoms with Gasteiger partial charge in [-0.25, -0.2) is 0 Å². The molecule has 29 heavy (non-hydrogen) atoms. The van der Waals surface area contributed by atoms with Crippen LogP contribution in [0.3, 0.4) is 0 Å². The Morgan fingerprint density at radius 2 is 2.00 bits per heavy atom. The Balaban J connectivity index is 1.71. The number of ether oxygens (including phenoxy) is 3. The number of halogens is 1. The Morgan fingerprint density at radius 3 is 2.59 bits per heavy atom. The highest BCUT2D eigenvalue weighted by Gasteiger charge is 2.60. The smallest absolute Gasteiger partial charge is 0.236 e. The number of thioether (sulfide) groups is 1. The van der Waals surface area contributed by atoms with Gasteiger partial charge in [-0.05, 0) is 6.42 Å². The van der Waals surface area contributed by atoms with Gasteiger partial charge in [0, 0.05) is 35.3 Å². The molecule has 0 radical (unpaired) electrons. The van der Waals surface area contributed by atoms with Gasteiger partial charge >= 0.3 is 0 Å². The first-order valence-electron chi connectivity index (χ1n) is 9.29. The van der Waals surface area contributed by atoms with E-state index in [0.717, 1.165) is 5.75 Å². The fourth-order valence-corrected chi connectivity index (χ4v) is 5.58. The Labute approximate surface area is 177 Å². The molecule has 2 heterocycles. The van der Waals surface area contributed by atoms with Gasteiger partial charge in [0.05, 0.1) is 26.4 Å². The maximum Gasteiger partial charge on any atom is 0.236 e. The number of hydrogen-bond donors (Lipinski definition) is 2. The maximum atomic E-state index is 13.4. The number of carbonyl (C=O) groups excluding carboxylic acids is 2. The van der Waals surface area contributed by atoms with Crippen molar-refractivity contribution in [2.24, 2.45) is 5.92 Å². The molecule has 156 valence electrons. The molecule has 2 N–H and O–H groups in total. The number of fused-ring (bicyclic) bond motifs is 1. The third-order valence-electron chi connectivity index (χ3n) is 5.73. The Bertz CT molecular complexity index is 919. The first-order valence-corrected chi connectivity index (χ1v) is 10.8. The average Bonchev–Trinajstić information content (AvgIpc) is 3.23. The molecule has 1 aromatic carbocycles. The predicted molar refractivity (Wildman–Crippen MR) is 109 cm³/mol.